The van der Waals surface area contributed by atoms with Crippen LogP contribution in [0, 0.1) is 3.57 Å². The normalized spacial score (nSPS) is 11.3. The number of aromatic nitrogens is 1. The molecule has 0 aliphatic heterocycles. The van der Waals surface area contributed by atoms with Crippen LogP contribution in [0.4, 0.5) is 5.13 Å². The second-order valence-electron chi connectivity index (χ2n) is 6.39. The minimum Gasteiger partial charge on any atom is -0.308 e. The fraction of sp³-hybridized carbons (Fsp3) is 0.300. The molecule has 26 heavy (non-hydrogen) atoms. The molecule has 0 radical (unpaired) electrons. The van der Waals surface area contributed by atoms with Crippen molar-refractivity contribution in [3.63, 3.8) is 0 Å². The molecule has 1 heterocycles. The smallest absolute Gasteiger partial charge is 0.261 e. The number of halogens is 1. The number of benzene rings is 2. The van der Waals surface area contributed by atoms with Crippen LogP contribution in [0.2, 0.25) is 0 Å². The van der Waals surface area contributed by atoms with Crippen LogP contribution in [-0.4, -0.2) is 43.0 Å². The summed E-state index contributed by atoms with van der Waals surface area (Å²) < 4.78 is 2.09. The van der Waals surface area contributed by atoms with Crippen molar-refractivity contribution in [3.05, 3.63) is 57.2 Å². The average molecular weight is 479 g/mol. The molecule has 3 aromatic rings. The fourth-order valence-electron chi connectivity index (χ4n) is 2.66. The van der Waals surface area contributed by atoms with E-state index in [-0.39, 0.29) is 5.91 Å². The first-order chi connectivity index (χ1) is 12.5. The second-order valence-corrected chi connectivity index (χ2v) is 8.56. The summed E-state index contributed by atoms with van der Waals surface area (Å²) in [5.74, 6) is 0.00613. The zero-order chi connectivity index (χ0) is 18.7. The van der Waals surface area contributed by atoms with Crippen molar-refractivity contribution in [2.75, 3.05) is 32.1 Å². The molecule has 0 spiro atoms. The standard InChI is InChI=1S/C20H22IN3OS/c1-4-14-9-10-17-18(13-14)26-20(22-17)24(12-11-23(2)3)19(25)15-7-5-6-8-16(15)21/h5-10,13H,4,11-12H2,1-3H3. The predicted octanol–water partition coefficient (Wildman–Crippen LogP) is 4.67. The van der Waals surface area contributed by atoms with Gasteiger partial charge in [-0.1, -0.05) is 36.5 Å². The Bertz CT molecular complexity index is 922. The zero-order valence-corrected chi connectivity index (χ0v) is 18.2. The number of carbonyl (C=O) groups is 1. The molecule has 136 valence electrons. The topological polar surface area (TPSA) is 36.4 Å². The molecule has 0 fully saturated rings. The van der Waals surface area contributed by atoms with Crippen LogP contribution in [0.15, 0.2) is 42.5 Å². The summed E-state index contributed by atoms with van der Waals surface area (Å²) in [6.07, 6.45) is 0.995. The van der Waals surface area contributed by atoms with E-state index in [2.05, 4.69) is 52.6 Å². The lowest BCUT2D eigenvalue weighted by Gasteiger charge is -2.22. The molecule has 1 amide bonds. The molecule has 0 saturated heterocycles. The molecule has 0 saturated carbocycles. The minimum atomic E-state index is 0.00613. The highest BCUT2D eigenvalue weighted by Crippen LogP contribution is 2.31. The van der Waals surface area contributed by atoms with Gasteiger partial charge in [0.25, 0.3) is 5.91 Å². The summed E-state index contributed by atoms with van der Waals surface area (Å²) in [4.78, 5) is 21.9. The number of aryl methyl sites for hydroxylation is 1. The Morgan fingerprint density at radius 1 is 1.15 bits per heavy atom. The van der Waals surface area contributed by atoms with Gasteiger partial charge in [-0.15, -0.1) is 0 Å². The third-order valence-electron chi connectivity index (χ3n) is 4.20. The van der Waals surface area contributed by atoms with Gasteiger partial charge in [-0.2, -0.15) is 0 Å². The molecule has 0 aliphatic rings. The van der Waals surface area contributed by atoms with Crippen molar-refractivity contribution in [1.29, 1.82) is 0 Å². The molecule has 0 aliphatic carbocycles. The van der Waals surface area contributed by atoms with Crippen molar-refractivity contribution >= 4 is 55.2 Å². The van der Waals surface area contributed by atoms with Gasteiger partial charge in [0.15, 0.2) is 5.13 Å². The first-order valence-electron chi connectivity index (χ1n) is 8.60. The molecule has 0 N–H and O–H groups in total. The van der Waals surface area contributed by atoms with Crippen LogP contribution in [-0.2, 0) is 6.42 Å². The molecule has 1 aromatic heterocycles. The number of hydrogen-bond donors (Lipinski definition) is 0. The van der Waals surface area contributed by atoms with E-state index in [0.717, 1.165) is 37.4 Å². The molecule has 3 rings (SSSR count). The Hall–Kier alpha value is -1.51. The number of likely N-dealkylation sites (N-methyl/N-ethyl adjacent to an activating group) is 1. The Morgan fingerprint density at radius 2 is 1.92 bits per heavy atom. The van der Waals surface area contributed by atoms with Crippen LogP contribution in [0.5, 0.6) is 0 Å². The molecular weight excluding hydrogens is 457 g/mol. The Labute approximate surface area is 172 Å². The lowest BCUT2D eigenvalue weighted by Crippen LogP contribution is -2.37. The van der Waals surface area contributed by atoms with Gasteiger partial charge in [-0.25, -0.2) is 4.98 Å². The molecule has 0 bridgehead atoms. The van der Waals surface area contributed by atoms with E-state index in [9.17, 15) is 4.79 Å². The van der Waals surface area contributed by atoms with Gasteiger partial charge in [-0.3, -0.25) is 9.69 Å². The number of amides is 1. The number of rotatable bonds is 6. The molecule has 6 heteroatoms. The summed E-state index contributed by atoms with van der Waals surface area (Å²) in [6, 6.07) is 14.0. The van der Waals surface area contributed by atoms with Gasteiger partial charge in [0, 0.05) is 16.7 Å². The minimum absolute atomic E-state index is 0.00613. The first-order valence-corrected chi connectivity index (χ1v) is 10.5. The molecule has 0 atom stereocenters. The van der Waals surface area contributed by atoms with Crippen LogP contribution < -0.4 is 4.90 Å². The van der Waals surface area contributed by atoms with Crippen LogP contribution in [0.3, 0.4) is 0 Å². The third kappa shape index (κ3) is 4.24. The predicted molar refractivity (Wildman–Crippen MR) is 118 cm³/mol. The van der Waals surface area contributed by atoms with Crippen molar-refractivity contribution in [1.82, 2.24) is 9.88 Å². The molecule has 0 unspecified atom stereocenters. The van der Waals surface area contributed by atoms with Gasteiger partial charge < -0.3 is 4.90 Å². The maximum atomic E-state index is 13.2. The maximum Gasteiger partial charge on any atom is 0.261 e. The monoisotopic (exact) mass is 479 g/mol. The first kappa shape index (κ1) is 19.3. The summed E-state index contributed by atoms with van der Waals surface area (Å²) in [6.45, 7) is 3.54. The van der Waals surface area contributed by atoms with Crippen LogP contribution in [0.25, 0.3) is 10.2 Å². The van der Waals surface area contributed by atoms with Gasteiger partial charge in [-0.05, 0) is 72.9 Å². The maximum absolute atomic E-state index is 13.2. The highest BCUT2D eigenvalue weighted by molar-refractivity contribution is 14.1. The van der Waals surface area contributed by atoms with Gasteiger partial charge >= 0.3 is 0 Å². The van der Waals surface area contributed by atoms with Crippen molar-refractivity contribution in [2.45, 2.75) is 13.3 Å². The van der Waals surface area contributed by atoms with Crippen molar-refractivity contribution < 1.29 is 4.79 Å². The van der Waals surface area contributed by atoms with Gasteiger partial charge in [0.05, 0.1) is 15.8 Å². The SMILES string of the molecule is CCc1ccc2nc(N(CCN(C)C)C(=O)c3ccccc3I)sc2c1. The number of thiazole rings is 1. The number of nitrogens with zero attached hydrogens (tertiary/aromatic N) is 3. The number of fused-ring (bicyclic) bond motifs is 1. The second kappa shape index (κ2) is 8.45. The Morgan fingerprint density at radius 3 is 2.62 bits per heavy atom. The quantitative estimate of drug-likeness (QED) is 0.483. The highest BCUT2D eigenvalue weighted by atomic mass is 127. The Kier molecular flexibility index (Phi) is 6.26. The fourth-order valence-corrected chi connectivity index (χ4v) is 4.33. The average Bonchev–Trinajstić information content (AvgIpc) is 3.04. The van der Waals surface area contributed by atoms with E-state index >= 15 is 0 Å². The zero-order valence-electron chi connectivity index (χ0n) is 15.2. The molecule has 4 nitrogen and oxygen atoms in total. The van der Waals surface area contributed by atoms with E-state index < -0.39 is 0 Å². The largest absolute Gasteiger partial charge is 0.308 e. The van der Waals surface area contributed by atoms with E-state index in [0.29, 0.717) is 6.54 Å². The van der Waals surface area contributed by atoms with Crippen molar-refractivity contribution in [3.8, 4) is 0 Å². The van der Waals surface area contributed by atoms with E-state index in [1.807, 2.05) is 43.3 Å². The van der Waals surface area contributed by atoms with E-state index in [4.69, 9.17) is 4.98 Å². The summed E-state index contributed by atoms with van der Waals surface area (Å²) >= 11 is 3.81. The van der Waals surface area contributed by atoms with Gasteiger partial charge in [0.1, 0.15) is 0 Å². The lowest BCUT2D eigenvalue weighted by molar-refractivity contribution is 0.0984. The van der Waals surface area contributed by atoms with E-state index in [1.165, 1.54) is 5.56 Å². The van der Waals surface area contributed by atoms with Crippen molar-refractivity contribution in [2.24, 2.45) is 0 Å². The number of carbonyl (C=O) groups excluding carboxylic acids is 1. The number of hydrogen-bond acceptors (Lipinski definition) is 4. The van der Waals surface area contributed by atoms with Crippen LogP contribution >= 0.6 is 33.9 Å². The molecule has 2 aromatic carbocycles. The third-order valence-corrected chi connectivity index (χ3v) is 6.18. The summed E-state index contributed by atoms with van der Waals surface area (Å²) in [5, 5.41) is 0.764. The molecular formula is C20H22IN3OS. The van der Waals surface area contributed by atoms with E-state index in [1.54, 1.807) is 11.3 Å². The summed E-state index contributed by atoms with van der Waals surface area (Å²) in [7, 11) is 4.03. The summed E-state index contributed by atoms with van der Waals surface area (Å²) in [5.41, 5.74) is 2.96. The van der Waals surface area contributed by atoms with Crippen LogP contribution in [0.1, 0.15) is 22.8 Å². The highest BCUT2D eigenvalue weighted by Gasteiger charge is 2.22. The van der Waals surface area contributed by atoms with Gasteiger partial charge in [0.2, 0.25) is 0 Å². The Balaban J connectivity index is 2.00. The number of anilines is 1. The lowest BCUT2D eigenvalue weighted by atomic mass is 10.2.